The van der Waals surface area contributed by atoms with E-state index >= 15 is 0 Å². The molecule has 2 aliphatic rings. The summed E-state index contributed by atoms with van der Waals surface area (Å²) in [5.74, 6) is 0.285. The highest BCUT2D eigenvalue weighted by atomic mass is 32.1. The number of carbonyl (C=O) groups excluding carboxylic acids is 1. The van der Waals surface area contributed by atoms with E-state index in [1.54, 1.807) is 0 Å². The molecule has 1 aliphatic carbocycles. The molecule has 6 heteroatoms. The van der Waals surface area contributed by atoms with Gasteiger partial charge in [-0.25, -0.2) is 4.98 Å². The summed E-state index contributed by atoms with van der Waals surface area (Å²) in [4.78, 5) is 20.2. The molecule has 0 aromatic carbocycles. The Hall–Kier alpha value is -1.14. The summed E-state index contributed by atoms with van der Waals surface area (Å²) in [6.45, 7) is 2.97. The molecule has 1 aliphatic heterocycles. The Morgan fingerprint density at radius 3 is 2.86 bits per heavy atom. The molecule has 1 aromatic rings. The summed E-state index contributed by atoms with van der Waals surface area (Å²) in [6, 6.07) is 0. The minimum absolute atomic E-state index is 0.0445. The highest BCUT2D eigenvalue weighted by Crippen LogP contribution is 2.41. The first-order valence-electron chi connectivity index (χ1n) is 7.96. The number of anilines is 1. The maximum atomic E-state index is 13.0. The Morgan fingerprint density at radius 1 is 1.48 bits per heavy atom. The molecule has 1 spiro atoms. The molecule has 5 nitrogen and oxygen atoms in total. The number of carbonyl (C=O) groups is 1. The molecule has 1 saturated heterocycles. The molecule has 2 fully saturated rings. The third kappa shape index (κ3) is 2.66. The van der Waals surface area contributed by atoms with Gasteiger partial charge in [0.2, 0.25) is 5.91 Å². The third-order valence-corrected chi connectivity index (χ3v) is 5.54. The highest BCUT2D eigenvalue weighted by molar-refractivity contribution is 7.15. The molecule has 116 valence electrons. The van der Waals surface area contributed by atoms with Crippen molar-refractivity contribution in [2.24, 2.45) is 0 Å². The third-order valence-electron chi connectivity index (χ3n) is 4.67. The van der Waals surface area contributed by atoms with Gasteiger partial charge in [-0.3, -0.25) is 10.1 Å². The van der Waals surface area contributed by atoms with E-state index in [-0.39, 0.29) is 17.6 Å². The van der Waals surface area contributed by atoms with Crippen molar-refractivity contribution in [2.75, 3.05) is 12.3 Å². The summed E-state index contributed by atoms with van der Waals surface area (Å²) in [5.41, 5.74) is 5.43. The Morgan fingerprint density at radius 2 is 2.24 bits per heavy atom. The maximum Gasteiger partial charge on any atom is 0.244 e. The van der Waals surface area contributed by atoms with Crippen LogP contribution in [0.2, 0.25) is 0 Å². The van der Waals surface area contributed by atoms with Gasteiger partial charge in [-0.2, -0.15) is 0 Å². The fraction of sp³-hybridized carbons (Fsp3) is 0.733. The predicted molar refractivity (Wildman–Crippen MR) is 84.8 cm³/mol. The fourth-order valence-electron chi connectivity index (χ4n) is 3.52. The second-order valence-electron chi connectivity index (χ2n) is 6.14. The largest absolute Gasteiger partial charge is 0.375 e. The van der Waals surface area contributed by atoms with Crippen LogP contribution >= 0.6 is 11.3 Å². The monoisotopic (exact) mass is 308 g/mol. The van der Waals surface area contributed by atoms with Crippen molar-refractivity contribution in [3.63, 3.8) is 0 Å². The SMILES string of the molecule is CCCCN1C(=O)C2(CCCCC2)NC1c1cnc(N)s1. The minimum atomic E-state index is -0.338. The van der Waals surface area contributed by atoms with E-state index in [0.717, 1.165) is 49.9 Å². The number of nitrogen functional groups attached to an aromatic ring is 1. The number of nitrogens with two attached hydrogens (primary N) is 1. The molecule has 1 saturated carbocycles. The number of aromatic nitrogens is 1. The van der Waals surface area contributed by atoms with Crippen molar-refractivity contribution in [2.45, 2.75) is 63.6 Å². The van der Waals surface area contributed by atoms with Gasteiger partial charge in [-0.15, -0.1) is 0 Å². The van der Waals surface area contributed by atoms with Crippen LogP contribution in [0.5, 0.6) is 0 Å². The lowest BCUT2D eigenvalue weighted by molar-refractivity contribution is -0.134. The molecule has 2 heterocycles. The predicted octanol–water partition coefficient (Wildman–Crippen LogP) is 2.66. The van der Waals surface area contributed by atoms with E-state index in [1.807, 2.05) is 11.1 Å². The first kappa shape index (κ1) is 14.8. The van der Waals surface area contributed by atoms with E-state index in [0.29, 0.717) is 5.13 Å². The standard InChI is InChI=1S/C15H24N4OS/c1-2-3-9-19-12(11-10-17-14(16)21-11)18-15(13(19)20)7-5-4-6-8-15/h10,12,18H,2-9H2,1H3,(H2,16,17). The van der Waals surface area contributed by atoms with Crippen LogP contribution < -0.4 is 11.1 Å². The molecule has 0 bridgehead atoms. The number of rotatable bonds is 4. The number of nitrogens with zero attached hydrogens (tertiary/aromatic N) is 2. The van der Waals surface area contributed by atoms with Gasteiger partial charge in [0, 0.05) is 12.7 Å². The van der Waals surface area contributed by atoms with E-state index in [1.165, 1.54) is 17.8 Å². The Bertz CT molecular complexity index is 510. The van der Waals surface area contributed by atoms with E-state index in [4.69, 9.17) is 5.73 Å². The summed E-state index contributed by atoms with van der Waals surface area (Å²) in [5, 5.41) is 4.20. The zero-order valence-corrected chi connectivity index (χ0v) is 13.4. The second-order valence-corrected chi connectivity index (χ2v) is 7.24. The summed E-state index contributed by atoms with van der Waals surface area (Å²) >= 11 is 1.48. The summed E-state index contributed by atoms with van der Waals surface area (Å²) in [7, 11) is 0. The van der Waals surface area contributed by atoms with Crippen molar-refractivity contribution in [3.8, 4) is 0 Å². The summed E-state index contributed by atoms with van der Waals surface area (Å²) < 4.78 is 0. The second kappa shape index (κ2) is 5.93. The van der Waals surface area contributed by atoms with Crippen molar-refractivity contribution in [1.29, 1.82) is 0 Å². The Kier molecular flexibility index (Phi) is 4.17. The van der Waals surface area contributed by atoms with Crippen LogP contribution in [0, 0.1) is 0 Å². The number of hydrogen-bond donors (Lipinski definition) is 2. The molecular formula is C15H24N4OS. The van der Waals surface area contributed by atoms with Crippen LogP contribution in [0.15, 0.2) is 6.20 Å². The molecule has 1 aromatic heterocycles. The van der Waals surface area contributed by atoms with Gasteiger partial charge in [0.05, 0.1) is 10.4 Å². The topological polar surface area (TPSA) is 71.2 Å². The Labute approximate surface area is 129 Å². The zero-order valence-electron chi connectivity index (χ0n) is 12.6. The first-order chi connectivity index (χ1) is 10.2. The first-order valence-corrected chi connectivity index (χ1v) is 8.78. The quantitative estimate of drug-likeness (QED) is 0.897. The molecule has 1 atom stereocenters. The van der Waals surface area contributed by atoms with Gasteiger partial charge in [0.15, 0.2) is 5.13 Å². The summed E-state index contributed by atoms with van der Waals surface area (Å²) in [6.07, 6.45) is 9.32. The molecular weight excluding hydrogens is 284 g/mol. The van der Waals surface area contributed by atoms with Crippen LogP contribution in [0.1, 0.15) is 62.9 Å². The van der Waals surface area contributed by atoms with Gasteiger partial charge in [0.1, 0.15) is 6.17 Å². The van der Waals surface area contributed by atoms with E-state index in [9.17, 15) is 4.79 Å². The van der Waals surface area contributed by atoms with Gasteiger partial charge < -0.3 is 10.6 Å². The number of amides is 1. The van der Waals surface area contributed by atoms with Crippen LogP contribution in [0.25, 0.3) is 0 Å². The highest BCUT2D eigenvalue weighted by Gasteiger charge is 2.51. The number of thiazole rings is 1. The molecule has 3 rings (SSSR count). The van der Waals surface area contributed by atoms with Gasteiger partial charge in [-0.05, 0) is 19.3 Å². The fourth-order valence-corrected chi connectivity index (χ4v) is 4.27. The lowest BCUT2D eigenvalue weighted by Gasteiger charge is -2.31. The number of hydrogen-bond acceptors (Lipinski definition) is 5. The van der Waals surface area contributed by atoms with Crippen molar-refractivity contribution in [3.05, 3.63) is 11.1 Å². The average molecular weight is 308 g/mol. The number of nitrogens with one attached hydrogen (secondary N) is 1. The molecule has 3 N–H and O–H groups in total. The van der Waals surface area contributed by atoms with Crippen LogP contribution in [-0.2, 0) is 4.79 Å². The maximum absolute atomic E-state index is 13.0. The van der Waals surface area contributed by atoms with Gasteiger partial charge in [0.25, 0.3) is 0 Å². The van der Waals surface area contributed by atoms with Crippen molar-refractivity contribution < 1.29 is 4.79 Å². The Balaban J connectivity index is 1.87. The van der Waals surface area contributed by atoms with Crippen molar-refractivity contribution >= 4 is 22.4 Å². The average Bonchev–Trinajstić information content (AvgIpc) is 3.02. The van der Waals surface area contributed by atoms with Crippen molar-refractivity contribution in [1.82, 2.24) is 15.2 Å². The lowest BCUT2D eigenvalue weighted by atomic mass is 9.81. The van der Waals surface area contributed by atoms with Crippen LogP contribution in [-0.4, -0.2) is 27.9 Å². The molecule has 21 heavy (non-hydrogen) atoms. The van der Waals surface area contributed by atoms with E-state index in [2.05, 4.69) is 17.2 Å². The van der Waals surface area contributed by atoms with Gasteiger partial charge >= 0.3 is 0 Å². The smallest absolute Gasteiger partial charge is 0.244 e. The molecule has 1 unspecified atom stereocenters. The zero-order chi connectivity index (χ0) is 14.9. The van der Waals surface area contributed by atoms with Crippen LogP contribution in [0.3, 0.4) is 0 Å². The minimum Gasteiger partial charge on any atom is -0.375 e. The molecule has 0 radical (unpaired) electrons. The normalized spacial score (nSPS) is 24.9. The number of unbranched alkanes of at least 4 members (excludes halogenated alkanes) is 1. The van der Waals surface area contributed by atoms with E-state index < -0.39 is 0 Å². The van der Waals surface area contributed by atoms with Crippen LogP contribution in [0.4, 0.5) is 5.13 Å². The lowest BCUT2D eigenvalue weighted by Crippen LogP contribution is -2.48. The molecule has 1 amide bonds. The van der Waals surface area contributed by atoms with Gasteiger partial charge in [-0.1, -0.05) is 43.9 Å².